The van der Waals surface area contributed by atoms with Gasteiger partial charge >= 0.3 is 23.9 Å². The zero-order valence-electron chi connectivity index (χ0n) is 16.0. The summed E-state index contributed by atoms with van der Waals surface area (Å²) in [5, 5.41) is 9.29. The minimum atomic E-state index is -1.46. The van der Waals surface area contributed by atoms with Crippen LogP contribution in [0.4, 0.5) is 0 Å². The molecule has 0 unspecified atom stereocenters. The number of hydrogen-bond acceptors (Lipinski definition) is 8. The number of carboxylic acids is 1. The van der Waals surface area contributed by atoms with E-state index in [0.29, 0.717) is 19.3 Å². The maximum atomic E-state index is 12.0. The van der Waals surface area contributed by atoms with Gasteiger partial charge in [-0.2, -0.15) is 0 Å². The molecule has 4 atom stereocenters. The molecule has 0 bridgehead atoms. The predicted octanol–water partition coefficient (Wildman–Crippen LogP) is 1.95. The zero-order valence-corrected chi connectivity index (χ0v) is 16.0. The molecular formula is C18H28O9. The Morgan fingerprint density at radius 1 is 0.852 bits per heavy atom. The number of rotatable bonds is 10. The van der Waals surface area contributed by atoms with Crippen LogP contribution in [0.5, 0.6) is 0 Å². The van der Waals surface area contributed by atoms with Crippen LogP contribution in [0.15, 0.2) is 0 Å². The molecule has 0 aromatic carbocycles. The molecule has 1 heterocycles. The first-order chi connectivity index (χ1) is 12.8. The number of esters is 3. The van der Waals surface area contributed by atoms with Crippen LogP contribution >= 0.6 is 0 Å². The normalized spacial score (nSPS) is 24.7. The van der Waals surface area contributed by atoms with Gasteiger partial charge in [-0.1, -0.05) is 20.8 Å². The third-order valence-corrected chi connectivity index (χ3v) is 3.82. The molecule has 9 heteroatoms. The second-order valence-corrected chi connectivity index (χ2v) is 6.29. The van der Waals surface area contributed by atoms with Crippen LogP contribution in [0, 0.1) is 0 Å². The first kappa shape index (κ1) is 22.9. The van der Waals surface area contributed by atoms with Crippen molar-refractivity contribution in [2.45, 2.75) is 90.3 Å². The topological polar surface area (TPSA) is 125 Å². The van der Waals surface area contributed by atoms with Crippen LogP contribution in [-0.2, 0) is 38.1 Å². The SMILES string of the molecule is CCCC(=O)O[C@H]1O[C@H](C(=O)O)C[C@H](OC(=O)CCC)[C@H]1OC(=O)CCC. The van der Waals surface area contributed by atoms with Crippen molar-refractivity contribution < 1.29 is 43.2 Å². The largest absolute Gasteiger partial charge is 0.479 e. The van der Waals surface area contributed by atoms with Gasteiger partial charge in [0.05, 0.1) is 0 Å². The van der Waals surface area contributed by atoms with Crippen LogP contribution in [0.1, 0.15) is 65.7 Å². The van der Waals surface area contributed by atoms with E-state index in [9.17, 15) is 24.3 Å². The van der Waals surface area contributed by atoms with Gasteiger partial charge in [0.2, 0.25) is 12.4 Å². The molecule has 0 radical (unpaired) electrons. The molecule has 1 rings (SSSR count). The van der Waals surface area contributed by atoms with E-state index < -0.39 is 48.5 Å². The fraction of sp³-hybridized carbons (Fsp3) is 0.778. The van der Waals surface area contributed by atoms with Crippen LogP contribution in [0.3, 0.4) is 0 Å². The smallest absolute Gasteiger partial charge is 0.333 e. The highest BCUT2D eigenvalue weighted by Gasteiger charge is 2.47. The average Bonchev–Trinajstić information content (AvgIpc) is 2.57. The molecule has 1 N–H and O–H groups in total. The molecule has 0 spiro atoms. The number of hydrogen-bond donors (Lipinski definition) is 1. The van der Waals surface area contributed by atoms with Gasteiger partial charge in [0.1, 0.15) is 6.10 Å². The fourth-order valence-electron chi connectivity index (χ4n) is 2.56. The lowest BCUT2D eigenvalue weighted by atomic mass is 10.0. The Morgan fingerprint density at radius 3 is 1.81 bits per heavy atom. The molecule has 154 valence electrons. The highest BCUT2D eigenvalue weighted by atomic mass is 16.7. The average molecular weight is 388 g/mol. The van der Waals surface area contributed by atoms with E-state index in [1.807, 2.05) is 0 Å². The van der Waals surface area contributed by atoms with Crippen LogP contribution in [0.2, 0.25) is 0 Å². The van der Waals surface area contributed by atoms with Crippen molar-refractivity contribution in [1.29, 1.82) is 0 Å². The van der Waals surface area contributed by atoms with Crippen molar-refractivity contribution in [3.63, 3.8) is 0 Å². The number of aliphatic carboxylic acids is 1. The Bertz CT molecular complexity index is 501. The van der Waals surface area contributed by atoms with Crippen LogP contribution in [-0.4, -0.2) is 53.6 Å². The van der Waals surface area contributed by atoms with Crippen molar-refractivity contribution in [2.75, 3.05) is 0 Å². The molecule has 0 saturated carbocycles. The van der Waals surface area contributed by atoms with Gasteiger partial charge in [0.15, 0.2) is 6.10 Å². The highest BCUT2D eigenvalue weighted by Crippen LogP contribution is 2.28. The van der Waals surface area contributed by atoms with Gasteiger partial charge in [-0.25, -0.2) is 4.79 Å². The zero-order chi connectivity index (χ0) is 20.4. The summed E-state index contributed by atoms with van der Waals surface area (Å²) in [6.07, 6.45) is -3.41. The van der Waals surface area contributed by atoms with Crippen molar-refractivity contribution in [3.05, 3.63) is 0 Å². The van der Waals surface area contributed by atoms with Crippen molar-refractivity contribution in [2.24, 2.45) is 0 Å². The minimum absolute atomic E-state index is 0.0908. The fourth-order valence-corrected chi connectivity index (χ4v) is 2.56. The molecule has 0 aromatic heterocycles. The van der Waals surface area contributed by atoms with Crippen LogP contribution in [0.25, 0.3) is 0 Å². The Labute approximate surface area is 158 Å². The summed E-state index contributed by atoms with van der Waals surface area (Å²) in [6.45, 7) is 5.35. The molecular weight excluding hydrogens is 360 g/mol. The third kappa shape index (κ3) is 7.54. The molecule has 1 aliphatic heterocycles. The molecule has 1 saturated heterocycles. The second-order valence-electron chi connectivity index (χ2n) is 6.29. The van der Waals surface area contributed by atoms with E-state index in [1.54, 1.807) is 20.8 Å². The first-order valence-electron chi connectivity index (χ1n) is 9.28. The van der Waals surface area contributed by atoms with E-state index >= 15 is 0 Å². The van der Waals surface area contributed by atoms with Gasteiger partial charge < -0.3 is 24.1 Å². The minimum Gasteiger partial charge on any atom is -0.479 e. The number of carboxylic acid groups (broad SMARTS) is 1. The van der Waals surface area contributed by atoms with Gasteiger partial charge in [0, 0.05) is 25.7 Å². The molecule has 1 aliphatic rings. The Balaban J connectivity index is 3.05. The molecule has 1 fully saturated rings. The van der Waals surface area contributed by atoms with Gasteiger partial charge in [-0.3, -0.25) is 14.4 Å². The van der Waals surface area contributed by atoms with E-state index in [0.717, 1.165) is 0 Å². The molecule has 0 aliphatic carbocycles. The second kappa shape index (κ2) is 11.5. The summed E-state index contributed by atoms with van der Waals surface area (Å²) in [5.41, 5.74) is 0. The van der Waals surface area contributed by atoms with Gasteiger partial charge in [-0.15, -0.1) is 0 Å². The number of carbonyl (C=O) groups excluding carboxylic acids is 3. The third-order valence-electron chi connectivity index (χ3n) is 3.82. The molecule has 27 heavy (non-hydrogen) atoms. The van der Waals surface area contributed by atoms with Crippen molar-refractivity contribution in [3.8, 4) is 0 Å². The van der Waals surface area contributed by atoms with Crippen LogP contribution < -0.4 is 0 Å². The lowest BCUT2D eigenvalue weighted by Crippen LogP contribution is -2.55. The summed E-state index contributed by atoms with van der Waals surface area (Å²) in [7, 11) is 0. The van der Waals surface area contributed by atoms with Crippen molar-refractivity contribution in [1.82, 2.24) is 0 Å². The Morgan fingerprint density at radius 2 is 1.33 bits per heavy atom. The van der Waals surface area contributed by atoms with E-state index in [2.05, 4.69) is 0 Å². The maximum Gasteiger partial charge on any atom is 0.333 e. The lowest BCUT2D eigenvalue weighted by molar-refractivity contribution is -0.268. The quantitative estimate of drug-likeness (QED) is 0.441. The highest BCUT2D eigenvalue weighted by molar-refractivity contribution is 5.74. The number of carbonyl (C=O) groups is 4. The summed E-state index contributed by atoms with van der Waals surface area (Å²) in [5.74, 6) is -3.04. The lowest BCUT2D eigenvalue weighted by Gasteiger charge is -2.38. The van der Waals surface area contributed by atoms with Crippen molar-refractivity contribution >= 4 is 23.9 Å². The Hall–Kier alpha value is -2.16. The van der Waals surface area contributed by atoms with Gasteiger partial charge in [-0.05, 0) is 19.3 Å². The Kier molecular flexibility index (Phi) is 9.77. The standard InChI is InChI=1S/C18H28O9/c1-4-7-13(19)24-11-10-12(17(22)23)25-18(27-15(21)9-6-3)16(11)26-14(20)8-5-2/h11-12,16,18H,4-10H2,1-3H3,(H,22,23)/t11-,12-,16+,18+/m0/s1. The molecule has 0 amide bonds. The summed E-state index contributed by atoms with van der Waals surface area (Å²) >= 11 is 0. The number of ether oxygens (including phenoxy) is 4. The summed E-state index contributed by atoms with van der Waals surface area (Å²) in [4.78, 5) is 47.1. The van der Waals surface area contributed by atoms with E-state index in [-0.39, 0.29) is 25.7 Å². The van der Waals surface area contributed by atoms with E-state index in [4.69, 9.17) is 18.9 Å². The predicted molar refractivity (Wildman–Crippen MR) is 91.5 cm³/mol. The molecule has 0 aromatic rings. The summed E-state index contributed by atoms with van der Waals surface area (Å²) < 4.78 is 21.2. The van der Waals surface area contributed by atoms with E-state index in [1.165, 1.54) is 0 Å². The maximum absolute atomic E-state index is 12.0. The summed E-state index contributed by atoms with van der Waals surface area (Å²) in [6, 6.07) is 0. The first-order valence-corrected chi connectivity index (χ1v) is 9.28. The monoisotopic (exact) mass is 388 g/mol. The molecule has 9 nitrogen and oxygen atoms in total. The van der Waals surface area contributed by atoms with Gasteiger partial charge in [0.25, 0.3) is 0 Å².